The number of hydrogen-bond donors (Lipinski definition) is 1. The van der Waals surface area contributed by atoms with Crippen LogP contribution in [0.25, 0.3) is 0 Å². The number of anilines is 1. The Labute approximate surface area is 117 Å². The van der Waals surface area contributed by atoms with Crippen molar-refractivity contribution in [2.75, 3.05) is 18.1 Å². The van der Waals surface area contributed by atoms with Gasteiger partial charge in [-0.05, 0) is 30.0 Å². The summed E-state index contributed by atoms with van der Waals surface area (Å²) in [4.78, 5) is 2.64. The van der Waals surface area contributed by atoms with Gasteiger partial charge in [-0.3, -0.25) is 0 Å². The Hall–Kier alpha value is -1.00. The molecule has 4 heteroatoms. The Bertz CT molecular complexity index is 483. The van der Waals surface area contributed by atoms with Crippen LogP contribution in [0, 0.1) is 0 Å². The summed E-state index contributed by atoms with van der Waals surface area (Å²) in [6, 6.07) is 10.3. The molecule has 1 heterocycles. The van der Waals surface area contributed by atoms with Crippen molar-refractivity contribution in [2.24, 2.45) is 0 Å². The molecular weight excluding hydrogens is 262 g/mol. The second kappa shape index (κ2) is 6.81. The van der Waals surface area contributed by atoms with Crippen LogP contribution in [0.2, 0.25) is 0 Å². The molecule has 2 aromatic rings. The minimum Gasteiger partial charge on any atom is -0.468 e. The van der Waals surface area contributed by atoms with Crippen molar-refractivity contribution in [1.82, 2.24) is 0 Å². The topological polar surface area (TPSA) is 25.2 Å². The molecule has 0 radical (unpaired) electrons. The fourth-order valence-corrected chi connectivity index (χ4v) is 3.74. The third kappa shape index (κ3) is 3.27. The number of benzene rings is 1. The highest BCUT2D eigenvalue weighted by molar-refractivity contribution is 8.02. The van der Waals surface area contributed by atoms with Gasteiger partial charge in [0.25, 0.3) is 0 Å². The Morgan fingerprint density at radius 3 is 2.72 bits per heavy atom. The van der Waals surface area contributed by atoms with Crippen molar-refractivity contribution in [3.8, 4) is 0 Å². The van der Waals surface area contributed by atoms with E-state index in [0.29, 0.717) is 0 Å². The first kappa shape index (κ1) is 13.4. The molecule has 0 aliphatic rings. The summed E-state index contributed by atoms with van der Waals surface area (Å²) >= 11 is 3.70. The van der Waals surface area contributed by atoms with Crippen molar-refractivity contribution < 1.29 is 4.42 Å². The van der Waals surface area contributed by atoms with Crippen molar-refractivity contribution in [1.29, 1.82) is 0 Å². The van der Waals surface area contributed by atoms with Crippen molar-refractivity contribution >= 4 is 29.2 Å². The van der Waals surface area contributed by atoms with Crippen LogP contribution in [0.3, 0.4) is 0 Å². The summed E-state index contributed by atoms with van der Waals surface area (Å²) in [6.45, 7) is 2.18. The summed E-state index contributed by atoms with van der Waals surface area (Å²) in [7, 11) is 1.96. The summed E-state index contributed by atoms with van der Waals surface area (Å²) in [5.41, 5.74) is 1.19. The average Bonchev–Trinajstić information content (AvgIpc) is 2.90. The molecule has 0 bridgehead atoms. The highest BCUT2D eigenvalue weighted by Crippen LogP contribution is 2.38. The molecule has 18 heavy (non-hydrogen) atoms. The summed E-state index contributed by atoms with van der Waals surface area (Å²) in [5, 5.41) is 3.26. The lowest BCUT2D eigenvalue weighted by atomic mass is 10.3. The number of nitrogens with one attached hydrogen (secondary N) is 1. The molecular formula is C14H17NOS2. The Morgan fingerprint density at radius 2 is 2.06 bits per heavy atom. The Kier molecular flexibility index (Phi) is 5.08. The highest BCUT2D eigenvalue weighted by atomic mass is 32.2. The van der Waals surface area contributed by atoms with Gasteiger partial charge in [0.2, 0.25) is 0 Å². The molecule has 1 N–H and O–H groups in total. The molecule has 96 valence electrons. The second-order valence-electron chi connectivity index (χ2n) is 3.68. The van der Waals surface area contributed by atoms with Gasteiger partial charge in [0, 0.05) is 22.5 Å². The maximum atomic E-state index is 5.38. The minimum atomic E-state index is 0.864. The van der Waals surface area contributed by atoms with Crippen LogP contribution in [-0.2, 0) is 5.75 Å². The maximum absolute atomic E-state index is 5.38. The first-order valence-electron chi connectivity index (χ1n) is 5.94. The summed E-state index contributed by atoms with van der Waals surface area (Å²) in [5.74, 6) is 2.96. The van der Waals surface area contributed by atoms with Gasteiger partial charge < -0.3 is 9.73 Å². The average molecular weight is 279 g/mol. The Morgan fingerprint density at radius 1 is 1.17 bits per heavy atom. The standard InChI is InChI=1S/C14H17NOS2/c1-3-17-13-8-4-7-12(15-2)14(13)18-10-11-6-5-9-16-11/h4-9,15H,3,10H2,1-2H3. The van der Waals surface area contributed by atoms with Crippen molar-refractivity contribution in [3.63, 3.8) is 0 Å². The van der Waals surface area contributed by atoms with E-state index >= 15 is 0 Å². The van der Waals surface area contributed by atoms with E-state index in [-0.39, 0.29) is 0 Å². The van der Waals surface area contributed by atoms with Gasteiger partial charge in [-0.15, -0.1) is 23.5 Å². The lowest BCUT2D eigenvalue weighted by molar-refractivity contribution is 0.530. The van der Waals surface area contributed by atoms with Gasteiger partial charge in [-0.25, -0.2) is 0 Å². The first-order valence-corrected chi connectivity index (χ1v) is 7.91. The van der Waals surface area contributed by atoms with Crippen LogP contribution in [0.4, 0.5) is 5.69 Å². The van der Waals surface area contributed by atoms with Gasteiger partial charge >= 0.3 is 0 Å². The molecule has 0 unspecified atom stereocenters. The van der Waals surface area contributed by atoms with Crippen LogP contribution in [0.15, 0.2) is 50.8 Å². The zero-order valence-electron chi connectivity index (χ0n) is 10.6. The molecule has 0 saturated heterocycles. The van der Waals surface area contributed by atoms with Gasteiger partial charge in [0.05, 0.1) is 12.0 Å². The van der Waals surface area contributed by atoms with E-state index in [0.717, 1.165) is 17.3 Å². The molecule has 0 aliphatic carbocycles. The fourth-order valence-electron chi connectivity index (χ4n) is 1.67. The molecule has 0 spiro atoms. The molecule has 0 saturated carbocycles. The largest absolute Gasteiger partial charge is 0.468 e. The quantitative estimate of drug-likeness (QED) is 0.773. The predicted molar refractivity (Wildman–Crippen MR) is 80.7 cm³/mol. The monoisotopic (exact) mass is 279 g/mol. The van der Waals surface area contributed by atoms with Crippen LogP contribution in [-0.4, -0.2) is 12.8 Å². The van der Waals surface area contributed by atoms with E-state index in [1.165, 1.54) is 15.5 Å². The predicted octanol–water partition coefficient (Wildman–Crippen LogP) is 4.73. The minimum absolute atomic E-state index is 0.864. The lowest BCUT2D eigenvalue weighted by Gasteiger charge is -2.12. The molecule has 0 aliphatic heterocycles. The van der Waals surface area contributed by atoms with E-state index < -0.39 is 0 Å². The zero-order valence-corrected chi connectivity index (χ0v) is 12.2. The molecule has 2 rings (SSSR count). The fraction of sp³-hybridized carbons (Fsp3) is 0.286. The third-order valence-electron chi connectivity index (χ3n) is 2.49. The van der Waals surface area contributed by atoms with Crippen molar-refractivity contribution in [3.05, 3.63) is 42.4 Å². The molecule has 0 amide bonds. The molecule has 1 aromatic carbocycles. The molecule has 2 nitrogen and oxygen atoms in total. The number of furan rings is 1. The van der Waals surface area contributed by atoms with Gasteiger partial charge in [-0.2, -0.15) is 0 Å². The summed E-state index contributed by atoms with van der Waals surface area (Å²) in [6.07, 6.45) is 1.72. The van der Waals surface area contributed by atoms with Crippen LogP contribution < -0.4 is 5.32 Å². The summed E-state index contributed by atoms with van der Waals surface area (Å²) < 4.78 is 5.38. The van der Waals surface area contributed by atoms with Crippen molar-refractivity contribution in [2.45, 2.75) is 22.5 Å². The molecule has 0 atom stereocenters. The Balaban J connectivity index is 2.18. The second-order valence-corrected chi connectivity index (χ2v) is 5.98. The number of thioether (sulfide) groups is 2. The van der Waals surface area contributed by atoms with Crippen LogP contribution >= 0.6 is 23.5 Å². The first-order chi connectivity index (χ1) is 8.85. The third-order valence-corrected chi connectivity index (χ3v) is 4.71. The van der Waals surface area contributed by atoms with E-state index in [1.54, 1.807) is 6.26 Å². The van der Waals surface area contributed by atoms with E-state index in [4.69, 9.17) is 4.42 Å². The maximum Gasteiger partial charge on any atom is 0.114 e. The van der Waals surface area contributed by atoms with Gasteiger partial charge in [0.1, 0.15) is 5.76 Å². The SMILES string of the molecule is CCSc1cccc(NC)c1SCc1ccco1. The van der Waals surface area contributed by atoms with Gasteiger partial charge in [-0.1, -0.05) is 13.0 Å². The zero-order chi connectivity index (χ0) is 12.8. The van der Waals surface area contributed by atoms with Crippen LogP contribution in [0.1, 0.15) is 12.7 Å². The molecule has 1 aromatic heterocycles. The van der Waals surface area contributed by atoms with E-state index in [9.17, 15) is 0 Å². The van der Waals surface area contributed by atoms with Gasteiger partial charge in [0.15, 0.2) is 0 Å². The van der Waals surface area contributed by atoms with E-state index in [1.807, 2.05) is 42.7 Å². The highest BCUT2D eigenvalue weighted by Gasteiger charge is 2.09. The lowest BCUT2D eigenvalue weighted by Crippen LogP contribution is -1.93. The normalized spacial score (nSPS) is 10.6. The molecule has 0 fully saturated rings. The number of hydrogen-bond acceptors (Lipinski definition) is 4. The smallest absolute Gasteiger partial charge is 0.114 e. The van der Waals surface area contributed by atoms with Crippen LogP contribution in [0.5, 0.6) is 0 Å². The van der Waals surface area contributed by atoms with E-state index in [2.05, 4.69) is 30.4 Å². The number of rotatable bonds is 6.